The molecule has 3 aromatic rings. The highest BCUT2D eigenvalue weighted by Crippen LogP contribution is 2.26. The molecule has 2 aromatic heterocycles. The van der Waals surface area contributed by atoms with Crippen molar-refractivity contribution in [1.82, 2.24) is 29.7 Å². The SMILES string of the molecule is CC(c1cn(-c2ccccc2)nn1)N1CCc2cnn(C)c2C1. The molecule has 6 nitrogen and oxygen atoms in total. The van der Waals surface area contributed by atoms with Crippen molar-refractivity contribution in [2.24, 2.45) is 7.05 Å². The van der Waals surface area contributed by atoms with E-state index in [1.165, 1.54) is 11.3 Å². The van der Waals surface area contributed by atoms with Crippen LogP contribution in [0, 0.1) is 0 Å². The summed E-state index contributed by atoms with van der Waals surface area (Å²) in [5.41, 5.74) is 4.70. The average Bonchev–Trinajstić information content (AvgIpc) is 3.22. The third-order valence-electron chi connectivity index (χ3n) is 4.68. The van der Waals surface area contributed by atoms with Gasteiger partial charge in [-0.25, -0.2) is 4.68 Å². The highest BCUT2D eigenvalue weighted by Gasteiger charge is 2.25. The quantitative estimate of drug-likeness (QED) is 0.744. The molecule has 1 aromatic carbocycles. The number of fused-ring (bicyclic) bond motifs is 1. The second kappa shape index (κ2) is 5.62. The molecule has 0 spiro atoms. The minimum Gasteiger partial charge on any atom is -0.289 e. The van der Waals surface area contributed by atoms with E-state index in [-0.39, 0.29) is 6.04 Å². The molecule has 0 N–H and O–H groups in total. The molecule has 4 rings (SSSR count). The summed E-state index contributed by atoms with van der Waals surface area (Å²) >= 11 is 0. The van der Waals surface area contributed by atoms with Gasteiger partial charge in [-0.05, 0) is 31.0 Å². The highest BCUT2D eigenvalue weighted by atomic mass is 15.4. The molecule has 3 heterocycles. The largest absolute Gasteiger partial charge is 0.289 e. The van der Waals surface area contributed by atoms with E-state index in [0.717, 1.165) is 30.9 Å². The first-order valence-electron chi connectivity index (χ1n) is 7.94. The Balaban J connectivity index is 1.55. The second-order valence-corrected chi connectivity index (χ2v) is 6.06. The topological polar surface area (TPSA) is 51.8 Å². The van der Waals surface area contributed by atoms with E-state index in [4.69, 9.17) is 0 Å². The monoisotopic (exact) mass is 308 g/mol. The Labute approximate surface area is 135 Å². The molecule has 0 saturated heterocycles. The van der Waals surface area contributed by atoms with Gasteiger partial charge in [-0.2, -0.15) is 5.10 Å². The zero-order chi connectivity index (χ0) is 15.8. The van der Waals surface area contributed by atoms with Crippen molar-refractivity contribution in [3.05, 3.63) is 59.7 Å². The fraction of sp³-hybridized carbons (Fsp3) is 0.353. The van der Waals surface area contributed by atoms with Crippen LogP contribution in [0.25, 0.3) is 5.69 Å². The van der Waals surface area contributed by atoms with Crippen LogP contribution in [-0.2, 0) is 20.0 Å². The first-order valence-corrected chi connectivity index (χ1v) is 7.94. The number of benzene rings is 1. The molecule has 0 fully saturated rings. The minimum atomic E-state index is 0.232. The van der Waals surface area contributed by atoms with E-state index < -0.39 is 0 Å². The van der Waals surface area contributed by atoms with Crippen molar-refractivity contribution in [3.63, 3.8) is 0 Å². The summed E-state index contributed by atoms with van der Waals surface area (Å²) in [4.78, 5) is 2.43. The Morgan fingerprint density at radius 2 is 2.00 bits per heavy atom. The average molecular weight is 308 g/mol. The first kappa shape index (κ1) is 14.1. The Bertz CT molecular complexity index is 804. The normalized spacial score (nSPS) is 16.3. The third kappa shape index (κ3) is 2.55. The van der Waals surface area contributed by atoms with Gasteiger partial charge in [0.2, 0.25) is 0 Å². The minimum absolute atomic E-state index is 0.232. The van der Waals surface area contributed by atoms with Gasteiger partial charge in [0.15, 0.2) is 0 Å². The number of para-hydroxylation sites is 1. The standard InChI is InChI=1S/C17H20N6/c1-13(22-9-8-14-10-18-21(2)17(14)12-22)16-11-23(20-19-16)15-6-4-3-5-7-15/h3-7,10-11,13H,8-9,12H2,1-2H3. The van der Waals surface area contributed by atoms with Crippen LogP contribution >= 0.6 is 0 Å². The molecule has 23 heavy (non-hydrogen) atoms. The van der Waals surface area contributed by atoms with E-state index in [9.17, 15) is 0 Å². The maximum Gasteiger partial charge on any atom is 0.100 e. The molecule has 118 valence electrons. The zero-order valence-corrected chi connectivity index (χ0v) is 13.4. The van der Waals surface area contributed by atoms with Crippen LogP contribution in [0.5, 0.6) is 0 Å². The number of aryl methyl sites for hydroxylation is 1. The molecule has 1 aliphatic rings. The van der Waals surface area contributed by atoms with Crippen LogP contribution < -0.4 is 0 Å². The fourth-order valence-corrected chi connectivity index (χ4v) is 3.15. The fourth-order valence-electron chi connectivity index (χ4n) is 3.15. The van der Waals surface area contributed by atoms with Gasteiger partial charge in [-0.15, -0.1) is 5.10 Å². The molecule has 0 amide bonds. The van der Waals surface area contributed by atoms with Gasteiger partial charge in [0, 0.05) is 20.1 Å². The summed E-state index contributed by atoms with van der Waals surface area (Å²) in [6.07, 6.45) is 5.06. The smallest absolute Gasteiger partial charge is 0.100 e. The molecule has 0 saturated carbocycles. The van der Waals surface area contributed by atoms with Crippen LogP contribution in [0.1, 0.15) is 29.9 Å². The van der Waals surface area contributed by atoms with Gasteiger partial charge >= 0.3 is 0 Å². The van der Waals surface area contributed by atoms with Crippen LogP contribution in [0.15, 0.2) is 42.7 Å². The Kier molecular flexibility index (Phi) is 3.46. The van der Waals surface area contributed by atoms with Gasteiger partial charge in [0.05, 0.1) is 29.8 Å². The summed E-state index contributed by atoms with van der Waals surface area (Å²) in [7, 11) is 2.01. The predicted molar refractivity (Wildman–Crippen MR) is 87.1 cm³/mol. The van der Waals surface area contributed by atoms with E-state index in [1.807, 2.05) is 59.1 Å². The lowest BCUT2D eigenvalue weighted by atomic mass is 10.1. The number of aromatic nitrogens is 5. The Morgan fingerprint density at radius 1 is 1.17 bits per heavy atom. The summed E-state index contributed by atoms with van der Waals surface area (Å²) in [6, 6.07) is 10.3. The summed E-state index contributed by atoms with van der Waals surface area (Å²) < 4.78 is 3.82. The number of rotatable bonds is 3. The second-order valence-electron chi connectivity index (χ2n) is 6.06. The van der Waals surface area contributed by atoms with Crippen LogP contribution in [-0.4, -0.2) is 36.2 Å². The lowest BCUT2D eigenvalue weighted by Gasteiger charge is -2.31. The van der Waals surface area contributed by atoms with Crippen molar-refractivity contribution in [3.8, 4) is 5.69 Å². The van der Waals surface area contributed by atoms with Crippen molar-refractivity contribution in [2.45, 2.75) is 25.9 Å². The Hall–Kier alpha value is -2.47. The molecule has 0 bridgehead atoms. The van der Waals surface area contributed by atoms with E-state index in [2.05, 4.69) is 27.2 Å². The van der Waals surface area contributed by atoms with Crippen molar-refractivity contribution in [2.75, 3.05) is 6.54 Å². The molecule has 1 aliphatic heterocycles. The molecule has 0 radical (unpaired) electrons. The van der Waals surface area contributed by atoms with Crippen molar-refractivity contribution < 1.29 is 0 Å². The van der Waals surface area contributed by atoms with Gasteiger partial charge in [0.1, 0.15) is 5.69 Å². The number of nitrogens with zero attached hydrogens (tertiary/aromatic N) is 6. The van der Waals surface area contributed by atoms with Crippen molar-refractivity contribution in [1.29, 1.82) is 0 Å². The van der Waals surface area contributed by atoms with E-state index in [0.29, 0.717) is 0 Å². The lowest BCUT2D eigenvalue weighted by Crippen LogP contribution is -2.33. The Morgan fingerprint density at radius 3 is 2.83 bits per heavy atom. The van der Waals surface area contributed by atoms with Crippen molar-refractivity contribution >= 4 is 0 Å². The van der Waals surface area contributed by atoms with E-state index >= 15 is 0 Å². The molecule has 6 heteroatoms. The molecule has 1 unspecified atom stereocenters. The maximum absolute atomic E-state index is 4.38. The molecular formula is C17H20N6. The maximum atomic E-state index is 4.38. The van der Waals surface area contributed by atoms with Crippen LogP contribution in [0.3, 0.4) is 0 Å². The summed E-state index contributed by atoms with van der Waals surface area (Å²) in [6.45, 7) is 4.13. The first-order chi connectivity index (χ1) is 11.2. The lowest BCUT2D eigenvalue weighted by molar-refractivity contribution is 0.183. The highest BCUT2D eigenvalue weighted by molar-refractivity contribution is 5.30. The molecule has 0 aliphatic carbocycles. The van der Waals surface area contributed by atoms with Gasteiger partial charge in [-0.3, -0.25) is 9.58 Å². The predicted octanol–water partition coefficient (Wildman–Crippen LogP) is 2.12. The van der Waals surface area contributed by atoms with Crippen LogP contribution in [0.4, 0.5) is 0 Å². The molecule has 1 atom stereocenters. The number of hydrogen-bond acceptors (Lipinski definition) is 4. The summed E-state index contributed by atoms with van der Waals surface area (Å²) in [5, 5.41) is 13.0. The molecular weight excluding hydrogens is 288 g/mol. The third-order valence-corrected chi connectivity index (χ3v) is 4.68. The van der Waals surface area contributed by atoms with E-state index in [1.54, 1.807) is 0 Å². The zero-order valence-electron chi connectivity index (χ0n) is 13.4. The van der Waals surface area contributed by atoms with Gasteiger partial charge in [-0.1, -0.05) is 23.4 Å². The van der Waals surface area contributed by atoms with Crippen LogP contribution in [0.2, 0.25) is 0 Å². The van der Waals surface area contributed by atoms with Gasteiger partial charge in [0.25, 0.3) is 0 Å². The summed E-state index contributed by atoms with van der Waals surface area (Å²) in [5.74, 6) is 0. The number of hydrogen-bond donors (Lipinski definition) is 0. The van der Waals surface area contributed by atoms with Gasteiger partial charge < -0.3 is 0 Å².